The number of amides is 1. The molecule has 3 rings (SSSR count). The monoisotopic (exact) mass is 649 g/mol. The minimum atomic E-state index is -4.94. The summed E-state index contributed by atoms with van der Waals surface area (Å²) in [5, 5.41) is 21.4. The zero-order valence-corrected chi connectivity index (χ0v) is 24.7. The molecule has 0 unspecified atom stereocenters. The van der Waals surface area contributed by atoms with Crippen molar-refractivity contribution in [1.82, 2.24) is 0 Å². The summed E-state index contributed by atoms with van der Waals surface area (Å²) in [4.78, 5) is 10.2. The Bertz CT molecular complexity index is 1870. The lowest BCUT2D eigenvalue weighted by Gasteiger charge is -2.13. The highest BCUT2D eigenvalue weighted by Crippen LogP contribution is 2.44. The number of nitrogens with zero attached hydrogens (tertiary/aromatic N) is 2. The maximum atomic E-state index is 12.8. The van der Waals surface area contributed by atoms with E-state index in [2.05, 4.69) is 15.5 Å². The number of phenols is 1. The van der Waals surface area contributed by atoms with Gasteiger partial charge < -0.3 is 19.9 Å². The molecule has 222 valence electrons. The van der Waals surface area contributed by atoms with Crippen molar-refractivity contribution in [3.05, 3.63) is 36.4 Å². The number of nitrogens with one attached hydrogen (secondary N) is 1. The molecule has 0 saturated heterocycles. The van der Waals surface area contributed by atoms with E-state index in [0.29, 0.717) is 0 Å². The summed E-state index contributed by atoms with van der Waals surface area (Å²) in [5.74, 6) is -2.72. The maximum Gasteiger partial charge on any atom is 0.319 e. The average molecular weight is 650 g/mol. The first-order valence-corrected chi connectivity index (χ1v) is 17.1. The van der Waals surface area contributed by atoms with Gasteiger partial charge in [-0.25, -0.2) is 8.42 Å². The molecule has 0 bridgehead atoms. The Morgan fingerprint density at radius 3 is 2.15 bits per heavy atom. The number of phenolic OH excluding ortho intramolecular Hbond substituents is 1. The van der Waals surface area contributed by atoms with Gasteiger partial charge in [0.2, 0.25) is 5.91 Å². The number of methoxy groups -OCH3 is 2. The zero-order valence-electron chi connectivity index (χ0n) is 21.4. The molecule has 0 saturated carbocycles. The van der Waals surface area contributed by atoms with Crippen LogP contribution in [0.15, 0.2) is 56.4 Å². The van der Waals surface area contributed by atoms with Crippen molar-refractivity contribution in [3.63, 3.8) is 0 Å². The molecule has 0 aliphatic carbocycles. The molecule has 0 aromatic heterocycles. The van der Waals surface area contributed by atoms with Gasteiger partial charge in [0.15, 0.2) is 15.6 Å². The Hall–Kier alpha value is -3.49. The summed E-state index contributed by atoms with van der Waals surface area (Å²) in [6.45, 7) is 1.27. The number of aromatic hydroxyl groups is 1. The smallest absolute Gasteiger partial charge is 0.319 e. The van der Waals surface area contributed by atoms with E-state index in [4.69, 9.17) is 14.0 Å². The van der Waals surface area contributed by atoms with Crippen LogP contribution < -0.4 is 14.8 Å². The molecule has 0 radical (unpaired) electrons. The molecule has 0 aliphatic rings. The van der Waals surface area contributed by atoms with Gasteiger partial charge in [0.05, 0.1) is 20.0 Å². The predicted octanol–water partition coefficient (Wildman–Crippen LogP) is 3.49. The number of hydrogen-bond acceptors (Lipinski definition) is 13. The topological polar surface area (TPSA) is 235 Å². The molecule has 15 nitrogen and oxygen atoms in total. The SMILES string of the molecule is COc1cc(S(=O)(=O)CCSS(=O)(=O)O)c(OC)cc1/N=N/c1c(S(=O)(=O)O)cc2ccc(NC(C)=O)cc2c1O. The van der Waals surface area contributed by atoms with E-state index in [9.17, 15) is 39.7 Å². The van der Waals surface area contributed by atoms with Crippen LogP contribution in [0.4, 0.5) is 17.1 Å². The number of sulfone groups is 1. The number of azo groups is 1. The molecule has 3 aromatic carbocycles. The van der Waals surface area contributed by atoms with Crippen molar-refractivity contribution in [2.45, 2.75) is 16.7 Å². The van der Waals surface area contributed by atoms with Gasteiger partial charge in [0.25, 0.3) is 10.1 Å². The maximum absolute atomic E-state index is 12.8. The molecule has 0 heterocycles. The van der Waals surface area contributed by atoms with Crippen molar-refractivity contribution < 1.29 is 53.7 Å². The van der Waals surface area contributed by atoms with Crippen LogP contribution in [0, 0.1) is 0 Å². The van der Waals surface area contributed by atoms with Crippen LogP contribution in [-0.2, 0) is 33.9 Å². The molecule has 3 aromatic rings. The molecule has 1 amide bonds. The summed E-state index contributed by atoms with van der Waals surface area (Å²) < 4.78 is 101. The fraction of sp³-hybridized carbons (Fsp3) is 0.227. The van der Waals surface area contributed by atoms with E-state index >= 15 is 0 Å². The lowest BCUT2D eigenvalue weighted by molar-refractivity contribution is -0.114. The first kappa shape index (κ1) is 32.0. The molecule has 0 atom stereocenters. The number of fused-ring (bicyclic) bond motifs is 1. The number of hydrogen-bond donors (Lipinski definition) is 4. The van der Waals surface area contributed by atoms with Gasteiger partial charge in [0, 0.05) is 35.9 Å². The fourth-order valence-corrected chi connectivity index (χ4v) is 7.77. The molecule has 19 heteroatoms. The Morgan fingerprint density at radius 1 is 0.927 bits per heavy atom. The van der Waals surface area contributed by atoms with E-state index in [1.165, 1.54) is 32.2 Å². The van der Waals surface area contributed by atoms with Crippen LogP contribution in [0.5, 0.6) is 17.2 Å². The molecular weight excluding hydrogens is 627 g/mol. The Balaban J connectivity index is 2.15. The largest absolute Gasteiger partial charge is 0.505 e. The number of benzene rings is 3. The zero-order chi connectivity index (χ0) is 30.8. The number of carbonyl (C=O) groups excluding carboxylic acids is 1. The molecule has 0 spiro atoms. The highest BCUT2D eigenvalue weighted by molar-refractivity contribution is 8.70. The van der Waals surface area contributed by atoms with Crippen molar-refractivity contribution in [3.8, 4) is 17.2 Å². The van der Waals surface area contributed by atoms with E-state index in [1.54, 1.807) is 0 Å². The lowest BCUT2D eigenvalue weighted by atomic mass is 10.1. The van der Waals surface area contributed by atoms with Crippen molar-refractivity contribution in [1.29, 1.82) is 0 Å². The van der Waals surface area contributed by atoms with Gasteiger partial charge in [-0.05, 0) is 34.4 Å². The molecule has 41 heavy (non-hydrogen) atoms. The van der Waals surface area contributed by atoms with Crippen molar-refractivity contribution in [2.75, 3.05) is 31.0 Å². The Kier molecular flexibility index (Phi) is 9.51. The third-order valence-electron chi connectivity index (χ3n) is 5.29. The van der Waals surface area contributed by atoms with Crippen LogP contribution in [0.2, 0.25) is 0 Å². The summed E-state index contributed by atoms with van der Waals surface area (Å²) >= 11 is 0. The Morgan fingerprint density at radius 2 is 1.59 bits per heavy atom. The molecule has 4 N–H and O–H groups in total. The van der Waals surface area contributed by atoms with Crippen LogP contribution in [0.3, 0.4) is 0 Å². The summed E-state index contributed by atoms with van der Waals surface area (Å²) in [7, 11) is -11.2. The third kappa shape index (κ3) is 7.83. The van der Waals surface area contributed by atoms with Gasteiger partial charge >= 0.3 is 9.15 Å². The molecule has 0 fully saturated rings. The number of carbonyl (C=O) groups is 1. The minimum absolute atomic E-state index is 0.0255. The summed E-state index contributed by atoms with van der Waals surface area (Å²) in [6.07, 6.45) is 0. The van der Waals surface area contributed by atoms with E-state index in [0.717, 1.165) is 25.3 Å². The van der Waals surface area contributed by atoms with Crippen molar-refractivity contribution in [2.24, 2.45) is 10.2 Å². The average Bonchev–Trinajstić information content (AvgIpc) is 2.85. The third-order valence-corrected chi connectivity index (χ3v) is 10.2. The van der Waals surface area contributed by atoms with Crippen molar-refractivity contribution >= 4 is 73.6 Å². The first-order chi connectivity index (χ1) is 19.0. The van der Waals surface area contributed by atoms with Gasteiger partial charge in [-0.1, -0.05) is 6.07 Å². The van der Waals surface area contributed by atoms with Gasteiger partial charge in [-0.2, -0.15) is 16.8 Å². The predicted molar refractivity (Wildman–Crippen MR) is 150 cm³/mol. The second kappa shape index (κ2) is 12.2. The number of rotatable bonds is 11. The van der Waals surface area contributed by atoms with Gasteiger partial charge in [-0.15, -0.1) is 10.2 Å². The number of anilines is 1. The Labute approximate surface area is 238 Å². The highest BCUT2D eigenvalue weighted by atomic mass is 33.1. The molecular formula is C22H23N3O12S4. The van der Waals surface area contributed by atoms with Crippen LogP contribution in [-0.4, -0.2) is 71.1 Å². The summed E-state index contributed by atoms with van der Waals surface area (Å²) in [5.41, 5.74) is -0.565. The normalized spacial score (nSPS) is 12.5. The van der Waals surface area contributed by atoms with E-state index < -0.39 is 67.7 Å². The minimum Gasteiger partial charge on any atom is -0.505 e. The fourth-order valence-electron chi connectivity index (χ4n) is 3.55. The summed E-state index contributed by atoms with van der Waals surface area (Å²) in [6, 6.07) is 7.34. The first-order valence-electron chi connectivity index (χ1n) is 11.0. The second-order valence-electron chi connectivity index (χ2n) is 8.11. The van der Waals surface area contributed by atoms with Crippen LogP contribution in [0.1, 0.15) is 6.92 Å². The van der Waals surface area contributed by atoms with Gasteiger partial charge in [0.1, 0.15) is 32.7 Å². The van der Waals surface area contributed by atoms with Crippen LogP contribution in [0.25, 0.3) is 10.8 Å². The van der Waals surface area contributed by atoms with Crippen LogP contribution >= 0.6 is 10.8 Å². The number of ether oxygens (including phenoxy) is 2. The second-order valence-corrected chi connectivity index (χ2v) is 15.0. The lowest BCUT2D eigenvalue weighted by Crippen LogP contribution is -2.11. The van der Waals surface area contributed by atoms with Gasteiger partial charge in [-0.3, -0.25) is 13.9 Å². The van der Waals surface area contributed by atoms with E-state index in [1.807, 2.05) is 0 Å². The quantitative estimate of drug-likeness (QED) is 0.132. The van der Waals surface area contributed by atoms with E-state index in [-0.39, 0.29) is 44.4 Å². The molecule has 0 aliphatic heterocycles. The standard InChI is InChI=1S/C22H23N3O12S4/c1-12(26)23-14-5-4-13-8-20(40(30,31)32)21(22(27)15(13)9-14)25-24-16-10-18(37-3)19(11-17(16)36-2)39(28,29)7-6-38-41(33,34)35/h4-5,8-11,27H,6-7H2,1-3H3,(H,23,26)(H,30,31,32)(H,33,34,35)/b25-24+. The highest BCUT2D eigenvalue weighted by Gasteiger charge is 2.25.